The standard InChI is InChI=1S/C14H13ClN6/c1-2-17-13-19-12(15)20-14(21-13)18-11-5-3-4-9-8-16-7-6-10(9)11/h3-8H,2H2,1H3,(H2,17,18,19,20,21). The molecule has 2 aromatic heterocycles. The van der Waals surface area contributed by atoms with Gasteiger partial charge in [0.25, 0.3) is 0 Å². The molecule has 2 heterocycles. The van der Waals surface area contributed by atoms with Crippen LogP contribution in [0, 0.1) is 0 Å². The SMILES string of the molecule is CCNc1nc(Cl)nc(Nc2cccc3cnccc23)n1. The highest BCUT2D eigenvalue weighted by Crippen LogP contribution is 2.24. The fourth-order valence-corrected chi connectivity index (χ4v) is 2.16. The molecule has 106 valence electrons. The molecule has 0 amide bonds. The van der Waals surface area contributed by atoms with Gasteiger partial charge in [0.05, 0.1) is 0 Å². The Morgan fingerprint density at radius 1 is 1.10 bits per heavy atom. The molecule has 0 aliphatic heterocycles. The molecule has 0 aliphatic carbocycles. The molecule has 3 rings (SSSR count). The van der Waals surface area contributed by atoms with Gasteiger partial charge in [-0.15, -0.1) is 0 Å². The van der Waals surface area contributed by atoms with Gasteiger partial charge in [0, 0.05) is 35.4 Å². The van der Waals surface area contributed by atoms with Gasteiger partial charge in [0.15, 0.2) is 0 Å². The van der Waals surface area contributed by atoms with Crippen LogP contribution in [0.1, 0.15) is 6.92 Å². The van der Waals surface area contributed by atoms with Gasteiger partial charge >= 0.3 is 0 Å². The van der Waals surface area contributed by atoms with Gasteiger partial charge in [-0.05, 0) is 30.7 Å². The lowest BCUT2D eigenvalue weighted by Crippen LogP contribution is -2.06. The van der Waals surface area contributed by atoms with Crippen molar-refractivity contribution in [1.82, 2.24) is 19.9 Å². The predicted octanol–water partition coefficient (Wildman–Crippen LogP) is 3.25. The zero-order valence-electron chi connectivity index (χ0n) is 11.3. The van der Waals surface area contributed by atoms with Gasteiger partial charge in [0.2, 0.25) is 17.2 Å². The van der Waals surface area contributed by atoms with Gasteiger partial charge in [0.1, 0.15) is 0 Å². The molecule has 0 spiro atoms. The monoisotopic (exact) mass is 300 g/mol. The quantitative estimate of drug-likeness (QED) is 0.770. The van der Waals surface area contributed by atoms with Gasteiger partial charge in [-0.1, -0.05) is 12.1 Å². The minimum Gasteiger partial charge on any atom is -0.354 e. The zero-order valence-corrected chi connectivity index (χ0v) is 12.1. The summed E-state index contributed by atoms with van der Waals surface area (Å²) in [7, 11) is 0. The molecule has 0 radical (unpaired) electrons. The first-order valence-corrected chi connectivity index (χ1v) is 6.89. The number of benzene rings is 1. The summed E-state index contributed by atoms with van der Waals surface area (Å²) in [5.74, 6) is 0.845. The molecule has 21 heavy (non-hydrogen) atoms. The third kappa shape index (κ3) is 3.00. The van der Waals surface area contributed by atoms with E-state index in [-0.39, 0.29) is 5.28 Å². The number of anilines is 3. The number of hydrogen-bond donors (Lipinski definition) is 2. The lowest BCUT2D eigenvalue weighted by atomic mass is 10.1. The average Bonchev–Trinajstić information content (AvgIpc) is 2.47. The van der Waals surface area contributed by atoms with Gasteiger partial charge < -0.3 is 10.6 Å². The van der Waals surface area contributed by atoms with E-state index < -0.39 is 0 Å². The second-order valence-electron chi connectivity index (χ2n) is 4.31. The van der Waals surface area contributed by atoms with Crippen LogP contribution in [-0.2, 0) is 0 Å². The average molecular weight is 301 g/mol. The summed E-state index contributed by atoms with van der Waals surface area (Å²) in [6.45, 7) is 2.67. The lowest BCUT2D eigenvalue weighted by molar-refractivity contribution is 1.02. The van der Waals surface area contributed by atoms with Crippen LogP contribution >= 0.6 is 11.6 Å². The largest absolute Gasteiger partial charge is 0.354 e. The summed E-state index contributed by atoms with van der Waals surface area (Å²) in [5.41, 5.74) is 0.889. The molecule has 0 saturated carbocycles. The fraction of sp³-hybridized carbons (Fsp3) is 0.143. The first-order chi connectivity index (χ1) is 10.3. The molecular formula is C14H13ClN6. The normalized spacial score (nSPS) is 10.6. The van der Waals surface area contributed by atoms with E-state index in [0.29, 0.717) is 18.4 Å². The Hall–Kier alpha value is -2.47. The van der Waals surface area contributed by atoms with Crippen molar-refractivity contribution >= 4 is 40.0 Å². The predicted molar refractivity (Wildman–Crippen MR) is 84.0 cm³/mol. The van der Waals surface area contributed by atoms with E-state index >= 15 is 0 Å². The van der Waals surface area contributed by atoms with E-state index in [1.807, 2.05) is 37.4 Å². The number of aromatic nitrogens is 4. The summed E-state index contributed by atoms with van der Waals surface area (Å²) in [6, 6.07) is 7.83. The number of halogens is 1. The van der Waals surface area contributed by atoms with Crippen LogP contribution in [0.5, 0.6) is 0 Å². The maximum atomic E-state index is 5.92. The first kappa shape index (κ1) is 13.5. The first-order valence-electron chi connectivity index (χ1n) is 6.51. The van der Waals surface area contributed by atoms with E-state index in [0.717, 1.165) is 16.5 Å². The van der Waals surface area contributed by atoms with Gasteiger partial charge in [-0.3, -0.25) is 4.98 Å². The molecule has 0 bridgehead atoms. The van der Waals surface area contributed by atoms with Crippen molar-refractivity contribution in [3.63, 3.8) is 0 Å². The molecule has 6 nitrogen and oxygen atoms in total. The van der Waals surface area contributed by atoms with Crippen molar-refractivity contribution in [2.24, 2.45) is 0 Å². The Morgan fingerprint density at radius 2 is 1.95 bits per heavy atom. The third-order valence-corrected chi connectivity index (χ3v) is 3.04. The summed E-state index contributed by atoms with van der Waals surface area (Å²) < 4.78 is 0. The molecule has 0 saturated heterocycles. The molecule has 0 atom stereocenters. The Bertz CT molecular complexity index is 771. The maximum absolute atomic E-state index is 5.92. The summed E-state index contributed by atoms with van der Waals surface area (Å²) in [5, 5.41) is 8.40. The van der Waals surface area contributed by atoms with Crippen molar-refractivity contribution < 1.29 is 0 Å². The lowest BCUT2D eigenvalue weighted by Gasteiger charge is -2.09. The van der Waals surface area contributed by atoms with E-state index in [4.69, 9.17) is 11.6 Å². The highest BCUT2D eigenvalue weighted by molar-refractivity contribution is 6.28. The molecule has 7 heteroatoms. The summed E-state index contributed by atoms with van der Waals surface area (Å²) >= 11 is 5.92. The molecule has 2 N–H and O–H groups in total. The van der Waals surface area contributed by atoms with Crippen LogP contribution in [0.3, 0.4) is 0 Å². The third-order valence-electron chi connectivity index (χ3n) is 2.87. The van der Waals surface area contributed by atoms with Crippen LogP contribution in [0.2, 0.25) is 5.28 Å². The van der Waals surface area contributed by atoms with Crippen LogP contribution in [0.25, 0.3) is 10.8 Å². The minimum absolute atomic E-state index is 0.144. The molecule has 0 unspecified atom stereocenters. The minimum atomic E-state index is 0.144. The number of rotatable bonds is 4. The summed E-state index contributed by atoms with van der Waals surface area (Å²) in [6.07, 6.45) is 3.56. The Balaban J connectivity index is 1.98. The van der Waals surface area contributed by atoms with Crippen molar-refractivity contribution in [3.8, 4) is 0 Å². The second-order valence-corrected chi connectivity index (χ2v) is 4.65. The van der Waals surface area contributed by atoms with E-state index in [1.54, 1.807) is 6.20 Å². The number of nitrogens with one attached hydrogen (secondary N) is 2. The van der Waals surface area contributed by atoms with Gasteiger partial charge in [-0.25, -0.2) is 0 Å². The number of hydrogen-bond acceptors (Lipinski definition) is 6. The van der Waals surface area contributed by atoms with Gasteiger partial charge in [-0.2, -0.15) is 15.0 Å². The van der Waals surface area contributed by atoms with E-state index in [2.05, 4.69) is 30.6 Å². The van der Waals surface area contributed by atoms with Crippen molar-refractivity contribution in [3.05, 3.63) is 41.9 Å². The van der Waals surface area contributed by atoms with E-state index in [9.17, 15) is 0 Å². The highest BCUT2D eigenvalue weighted by atomic mass is 35.5. The van der Waals surface area contributed by atoms with Crippen molar-refractivity contribution in [1.29, 1.82) is 0 Å². The Kier molecular flexibility index (Phi) is 3.79. The molecule has 1 aromatic carbocycles. The Labute approximate surface area is 126 Å². The number of pyridine rings is 1. The van der Waals surface area contributed by atoms with Crippen LogP contribution < -0.4 is 10.6 Å². The zero-order chi connectivity index (χ0) is 14.7. The smallest absolute Gasteiger partial charge is 0.233 e. The van der Waals surface area contributed by atoms with Crippen LogP contribution in [-0.4, -0.2) is 26.5 Å². The molecular weight excluding hydrogens is 288 g/mol. The molecule has 0 aliphatic rings. The second kappa shape index (κ2) is 5.88. The van der Waals surface area contributed by atoms with Crippen molar-refractivity contribution in [2.75, 3.05) is 17.2 Å². The topological polar surface area (TPSA) is 75.6 Å². The van der Waals surface area contributed by atoms with Crippen LogP contribution in [0.15, 0.2) is 36.7 Å². The fourth-order valence-electron chi connectivity index (χ4n) is 2.00. The Morgan fingerprint density at radius 3 is 2.81 bits per heavy atom. The summed E-state index contributed by atoms with van der Waals surface area (Å²) in [4.78, 5) is 16.5. The van der Waals surface area contributed by atoms with Crippen molar-refractivity contribution in [2.45, 2.75) is 6.92 Å². The maximum Gasteiger partial charge on any atom is 0.233 e. The number of fused-ring (bicyclic) bond motifs is 1. The van der Waals surface area contributed by atoms with Crippen LogP contribution in [0.4, 0.5) is 17.6 Å². The molecule has 0 fully saturated rings. The van der Waals surface area contributed by atoms with E-state index in [1.165, 1.54) is 0 Å². The highest BCUT2D eigenvalue weighted by Gasteiger charge is 2.06. The number of nitrogens with zero attached hydrogens (tertiary/aromatic N) is 4. The molecule has 3 aromatic rings.